The van der Waals surface area contributed by atoms with Crippen LogP contribution in [-0.2, 0) is 9.53 Å². The first-order valence-corrected chi connectivity index (χ1v) is 11.7. The number of carbonyl (C=O) groups excluding carboxylic acids is 1. The Hall–Kier alpha value is -2.91. The number of morpholine rings is 1. The number of nitrogens with one attached hydrogen (secondary N) is 1. The molecule has 2 fully saturated rings. The molecule has 0 atom stereocenters. The van der Waals surface area contributed by atoms with E-state index in [-0.39, 0.29) is 23.5 Å². The van der Waals surface area contributed by atoms with E-state index in [1.807, 2.05) is 28.8 Å². The summed E-state index contributed by atoms with van der Waals surface area (Å²) in [5, 5.41) is 12.1. The average Bonchev–Trinajstić information content (AvgIpc) is 3.58. The topological polar surface area (TPSA) is 72.3 Å². The zero-order valence-electron chi connectivity index (χ0n) is 17.5. The summed E-state index contributed by atoms with van der Waals surface area (Å²) in [5.74, 6) is 0.281. The first-order chi connectivity index (χ1) is 15.7. The van der Waals surface area contributed by atoms with Crippen LogP contribution in [-0.4, -0.2) is 52.7 Å². The number of hydrogen-bond donors (Lipinski definition) is 1. The largest absolute Gasteiger partial charge is 0.378 e. The molecule has 1 N–H and O–H groups in total. The quantitative estimate of drug-likeness (QED) is 0.546. The Kier molecular flexibility index (Phi) is 6.09. The Morgan fingerprint density at radius 1 is 1.09 bits per heavy atom. The van der Waals surface area contributed by atoms with Gasteiger partial charge in [-0.15, -0.1) is 10.2 Å². The molecule has 2 aliphatic rings. The van der Waals surface area contributed by atoms with Gasteiger partial charge in [-0.3, -0.25) is 9.36 Å². The van der Waals surface area contributed by atoms with Crippen LogP contribution >= 0.6 is 11.8 Å². The van der Waals surface area contributed by atoms with Crippen LogP contribution in [0.1, 0.15) is 18.9 Å². The number of aromatic nitrogens is 3. The zero-order valence-corrected chi connectivity index (χ0v) is 18.4. The van der Waals surface area contributed by atoms with Gasteiger partial charge >= 0.3 is 0 Å². The molecule has 7 nitrogen and oxygen atoms in total. The van der Waals surface area contributed by atoms with Crippen LogP contribution in [0.3, 0.4) is 0 Å². The number of hydrogen-bond acceptors (Lipinski definition) is 6. The highest BCUT2D eigenvalue weighted by Gasteiger charge is 2.31. The van der Waals surface area contributed by atoms with Crippen molar-refractivity contribution in [3.05, 3.63) is 54.3 Å². The Labute approximate surface area is 190 Å². The van der Waals surface area contributed by atoms with E-state index in [9.17, 15) is 9.18 Å². The van der Waals surface area contributed by atoms with Crippen molar-refractivity contribution >= 4 is 29.0 Å². The summed E-state index contributed by atoms with van der Waals surface area (Å²) in [7, 11) is 0. The Morgan fingerprint density at radius 2 is 1.84 bits per heavy atom. The van der Waals surface area contributed by atoms with Crippen molar-refractivity contribution in [2.24, 2.45) is 0 Å². The van der Waals surface area contributed by atoms with Gasteiger partial charge < -0.3 is 15.0 Å². The zero-order chi connectivity index (χ0) is 21.9. The number of halogens is 1. The number of benzene rings is 2. The molecule has 2 heterocycles. The molecule has 0 unspecified atom stereocenters. The molecule has 32 heavy (non-hydrogen) atoms. The molecule has 0 spiro atoms. The standard InChI is InChI=1S/C23H24FN5O2S/c24-20-4-2-1-3-19(20)22-26-27-23(29(22)18-9-10-18)32-15-21(30)25-16-5-7-17(8-6-16)28-11-13-31-14-12-28/h1-8,18H,9-15H2,(H,25,30). The molecule has 2 aromatic carbocycles. The third-order valence-corrected chi connectivity index (χ3v) is 6.49. The minimum absolute atomic E-state index is 0.119. The average molecular weight is 454 g/mol. The maximum absolute atomic E-state index is 14.3. The minimum atomic E-state index is -0.323. The smallest absolute Gasteiger partial charge is 0.234 e. The van der Waals surface area contributed by atoms with Crippen LogP contribution in [0.2, 0.25) is 0 Å². The fraction of sp³-hybridized carbons (Fsp3) is 0.348. The van der Waals surface area contributed by atoms with Gasteiger partial charge in [-0.05, 0) is 49.2 Å². The third kappa shape index (κ3) is 4.63. The van der Waals surface area contributed by atoms with E-state index in [2.05, 4.69) is 20.4 Å². The normalized spacial score (nSPS) is 16.2. The van der Waals surface area contributed by atoms with Crippen molar-refractivity contribution in [1.82, 2.24) is 14.8 Å². The van der Waals surface area contributed by atoms with E-state index >= 15 is 0 Å². The van der Waals surface area contributed by atoms with Gasteiger partial charge in [0.15, 0.2) is 11.0 Å². The second kappa shape index (κ2) is 9.30. The Morgan fingerprint density at radius 3 is 2.56 bits per heavy atom. The lowest BCUT2D eigenvalue weighted by molar-refractivity contribution is -0.113. The molecule has 9 heteroatoms. The summed E-state index contributed by atoms with van der Waals surface area (Å²) >= 11 is 1.32. The molecule has 3 aromatic rings. The lowest BCUT2D eigenvalue weighted by Crippen LogP contribution is -2.36. The van der Waals surface area contributed by atoms with Crippen LogP contribution < -0.4 is 10.2 Å². The van der Waals surface area contributed by atoms with E-state index in [1.165, 1.54) is 17.8 Å². The highest BCUT2D eigenvalue weighted by Crippen LogP contribution is 2.41. The molecule has 1 aliphatic carbocycles. The van der Waals surface area contributed by atoms with Gasteiger partial charge in [0.25, 0.3) is 0 Å². The van der Waals surface area contributed by atoms with Gasteiger partial charge in [-0.2, -0.15) is 0 Å². The molecule has 1 aromatic heterocycles. The highest BCUT2D eigenvalue weighted by atomic mass is 32.2. The van der Waals surface area contributed by atoms with Gasteiger partial charge in [-0.25, -0.2) is 4.39 Å². The minimum Gasteiger partial charge on any atom is -0.378 e. The van der Waals surface area contributed by atoms with Crippen LogP contribution in [0.25, 0.3) is 11.4 Å². The molecule has 5 rings (SSSR count). The number of anilines is 2. The monoisotopic (exact) mass is 453 g/mol. The van der Waals surface area contributed by atoms with Crippen molar-refractivity contribution < 1.29 is 13.9 Å². The summed E-state index contributed by atoms with van der Waals surface area (Å²) in [6.07, 6.45) is 2.02. The summed E-state index contributed by atoms with van der Waals surface area (Å²) in [6.45, 7) is 3.22. The molecule has 1 saturated carbocycles. The highest BCUT2D eigenvalue weighted by molar-refractivity contribution is 7.99. The maximum atomic E-state index is 14.3. The third-order valence-electron chi connectivity index (χ3n) is 5.55. The molecular formula is C23H24FN5O2S. The van der Waals surface area contributed by atoms with E-state index in [0.29, 0.717) is 16.5 Å². The summed E-state index contributed by atoms with van der Waals surface area (Å²) < 4.78 is 21.6. The summed E-state index contributed by atoms with van der Waals surface area (Å²) in [4.78, 5) is 14.8. The molecule has 0 radical (unpaired) electrons. The van der Waals surface area contributed by atoms with E-state index < -0.39 is 0 Å². The molecule has 1 amide bonds. The summed E-state index contributed by atoms with van der Waals surface area (Å²) in [5.41, 5.74) is 2.31. The number of thioether (sulfide) groups is 1. The SMILES string of the molecule is O=C(CSc1nnc(-c2ccccc2F)n1C1CC1)Nc1ccc(N2CCOCC2)cc1. The first-order valence-electron chi connectivity index (χ1n) is 10.7. The second-order valence-corrected chi connectivity index (χ2v) is 8.81. The van der Waals surface area contributed by atoms with Crippen molar-refractivity contribution in [1.29, 1.82) is 0 Å². The lowest BCUT2D eigenvalue weighted by Gasteiger charge is -2.28. The Bertz CT molecular complexity index is 1090. The predicted molar refractivity (Wildman–Crippen MR) is 123 cm³/mol. The van der Waals surface area contributed by atoms with E-state index in [1.54, 1.807) is 18.2 Å². The lowest BCUT2D eigenvalue weighted by atomic mass is 10.2. The van der Waals surface area contributed by atoms with Gasteiger partial charge in [0.05, 0.1) is 24.5 Å². The van der Waals surface area contributed by atoms with Crippen molar-refractivity contribution in [3.8, 4) is 11.4 Å². The summed E-state index contributed by atoms with van der Waals surface area (Å²) in [6, 6.07) is 14.7. The van der Waals surface area contributed by atoms with Gasteiger partial charge in [0.2, 0.25) is 5.91 Å². The van der Waals surface area contributed by atoms with E-state index in [0.717, 1.165) is 50.5 Å². The van der Waals surface area contributed by atoms with Crippen LogP contribution in [0, 0.1) is 5.82 Å². The fourth-order valence-corrected chi connectivity index (χ4v) is 4.57. The second-order valence-electron chi connectivity index (χ2n) is 7.87. The van der Waals surface area contributed by atoms with Crippen LogP contribution in [0.5, 0.6) is 0 Å². The number of amides is 1. The first kappa shape index (κ1) is 21.0. The van der Waals surface area contributed by atoms with Crippen molar-refractivity contribution in [3.63, 3.8) is 0 Å². The molecule has 166 valence electrons. The van der Waals surface area contributed by atoms with Gasteiger partial charge in [0.1, 0.15) is 5.82 Å². The fourth-order valence-electron chi connectivity index (χ4n) is 3.77. The molecule has 0 bridgehead atoms. The molecule has 1 aliphatic heterocycles. The maximum Gasteiger partial charge on any atom is 0.234 e. The van der Waals surface area contributed by atoms with Crippen LogP contribution in [0.15, 0.2) is 53.7 Å². The number of rotatable bonds is 7. The number of ether oxygens (including phenoxy) is 1. The van der Waals surface area contributed by atoms with E-state index in [4.69, 9.17) is 4.74 Å². The van der Waals surface area contributed by atoms with Gasteiger partial charge in [0, 0.05) is 30.5 Å². The predicted octanol–water partition coefficient (Wildman–Crippen LogP) is 3.99. The number of nitrogens with zero attached hydrogens (tertiary/aromatic N) is 4. The molecular weight excluding hydrogens is 429 g/mol. The van der Waals surface area contributed by atoms with Crippen LogP contribution in [0.4, 0.5) is 15.8 Å². The Balaban J connectivity index is 1.22. The van der Waals surface area contributed by atoms with Gasteiger partial charge in [-0.1, -0.05) is 23.9 Å². The van der Waals surface area contributed by atoms with Crippen molar-refractivity contribution in [2.75, 3.05) is 42.3 Å². The number of carbonyl (C=O) groups is 1. The molecule has 1 saturated heterocycles. The van der Waals surface area contributed by atoms with Crippen molar-refractivity contribution in [2.45, 2.75) is 24.0 Å².